The van der Waals surface area contributed by atoms with Gasteiger partial charge >= 0.3 is 0 Å². The maximum Gasteiger partial charge on any atom is 0.263 e. The van der Waals surface area contributed by atoms with Crippen molar-refractivity contribution in [3.63, 3.8) is 0 Å². The summed E-state index contributed by atoms with van der Waals surface area (Å²) < 4.78 is 0.459. The molecular weight excluding hydrogens is 252 g/mol. The molecular formula is C12H14N2OS2. The minimum atomic E-state index is -1.79. The van der Waals surface area contributed by atoms with Crippen molar-refractivity contribution in [1.29, 1.82) is 0 Å². The maximum atomic E-state index is 11.7. The van der Waals surface area contributed by atoms with E-state index in [2.05, 4.69) is 5.32 Å². The fourth-order valence-corrected chi connectivity index (χ4v) is 3.24. The molecule has 1 fully saturated rings. The largest absolute Gasteiger partial charge is 0.307 e. The van der Waals surface area contributed by atoms with Crippen LogP contribution in [0.1, 0.15) is 11.1 Å². The standard InChI is InChI=1S/C12H14N2OS2/c1-8-3-5-9(6-4-8)7-10-11(15)14-12(16)17(10,2)13/h3-7H,13H2,1-2H3,(H,14,15,16). The average Bonchev–Trinajstić information content (AvgIpc) is 2.44. The molecule has 1 aromatic rings. The van der Waals surface area contributed by atoms with Crippen LogP contribution in [0.5, 0.6) is 0 Å². The number of hydrogen-bond donors (Lipinski definition) is 2. The molecule has 0 bridgehead atoms. The second-order valence-electron chi connectivity index (χ2n) is 4.14. The van der Waals surface area contributed by atoms with E-state index in [0.717, 1.165) is 5.56 Å². The third-order valence-corrected chi connectivity index (χ3v) is 5.89. The molecule has 1 unspecified atom stereocenters. The molecule has 17 heavy (non-hydrogen) atoms. The van der Waals surface area contributed by atoms with Crippen LogP contribution in [0.25, 0.3) is 6.08 Å². The normalized spacial score (nSPS) is 30.2. The highest BCUT2D eigenvalue weighted by atomic mass is 32.3. The first-order chi connectivity index (χ1) is 7.91. The first-order valence-corrected chi connectivity index (χ1v) is 7.62. The van der Waals surface area contributed by atoms with Crippen molar-refractivity contribution in [3.05, 3.63) is 40.3 Å². The number of aryl methyl sites for hydroxylation is 1. The molecule has 2 rings (SSSR count). The Morgan fingerprint density at radius 3 is 2.41 bits per heavy atom. The van der Waals surface area contributed by atoms with Crippen LogP contribution in [0, 0.1) is 6.92 Å². The summed E-state index contributed by atoms with van der Waals surface area (Å²) in [6.45, 7) is 2.02. The van der Waals surface area contributed by atoms with E-state index in [-0.39, 0.29) is 5.91 Å². The summed E-state index contributed by atoms with van der Waals surface area (Å²) in [6, 6.07) is 7.93. The Bertz CT molecular complexity index is 518. The van der Waals surface area contributed by atoms with Crippen LogP contribution in [0.15, 0.2) is 29.2 Å². The third kappa shape index (κ3) is 2.26. The Labute approximate surface area is 108 Å². The van der Waals surface area contributed by atoms with Crippen LogP contribution in [-0.2, 0) is 4.79 Å². The molecule has 0 aromatic heterocycles. The second-order valence-corrected chi connectivity index (χ2v) is 7.62. The average molecular weight is 266 g/mol. The zero-order valence-corrected chi connectivity index (χ0v) is 11.3. The number of nitrogens with two attached hydrogens (primary N) is 1. The number of nitrogens with one attached hydrogen (secondary N) is 1. The Kier molecular flexibility index (Phi) is 3.07. The highest BCUT2D eigenvalue weighted by Gasteiger charge is 2.36. The lowest BCUT2D eigenvalue weighted by Gasteiger charge is -2.23. The predicted octanol–water partition coefficient (Wildman–Crippen LogP) is 2.06. The van der Waals surface area contributed by atoms with Gasteiger partial charge in [0, 0.05) is 0 Å². The molecule has 5 heteroatoms. The Morgan fingerprint density at radius 2 is 1.94 bits per heavy atom. The van der Waals surface area contributed by atoms with Crippen LogP contribution >= 0.6 is 22.4 Å². The van der Waals surface area contributed by atoms with E-state index in [4.69, 9.17) is 17.4 Å². The van der Waals surface area contributed by atoms with Crippen molar-refractivity contribution >= 4 is 38.7 Å². The lowest BCUT2D eigenvalue weighted by atomic mass is 10.1. The molecule has 1 heterocycles. The highest BCUT2D eigenvalue weighted by Crippen LogP contribution is 2.50. The maximum absolute atomic E-state index is 11.7. The summed E-state index contributed by atoms with van der Waals surface area (Å²) >= 11 is 5.09. The van der Waals surface area contributed by atoms with Gasteiger partial charge in [-0.1, -0.05) is 42.0 Å². The molecule has 0 aliphatic carbocycles. The number of carbonyl (C=O) groups is 1. The minimum absolute atomic E-state index is 0.171. The van der Waals surface area contributed by atoms with Gasteiger partial charge in [-0.2, -0.15) is 0 Å². The second kappa shape index (κ2) is 4.25. The molecule has 1 aliphatic rings. The third-order valence-electron chi connectivity index (χ3n) is 2.66. The first kappa shape index (κ1) is 12.3. The molecule has 1 saturated heterocycles. The van der Waals surface area contributed by atoms with E-state index < -0.39 is 10.2 Å². The molecule has 1 amide bonds. The van der Waals surface area contributed by atoms with Gasteiger partial charge in [0.2, 0.25) is 0 Å². The van der Waals surface area contributed by atoms with Crippen LogP contribution in [-0.4, -0.2) is 16.5 Å². The molecule has 0 saturated carbocycles. The van der Waals surface area contributed by atoms with Gasteiger partial charge in [0.25, 0.3) is 5.91 Å². The fraction of sp³-hybridized carbons (Fsp3) is 0.167. The summed E-state index contributed by atoms with van der Waals surface area (Å²) in [7, 11) is -1.79. The molecule has 3 nitrogen and oxygen atoms in total. The molecule has 3 N–H and O–H groups in total. The number of amides is 1. The van der Waals surface area contributed by atoms with E-state index in [0.29, 0.717) is 9.23 Å². The summed E-state index contributed by atoms with van der Waals surface area (Å²) in [6.07, 6.45) is 3.65. The van der Waals surface area contributed by atoms with Crippen molar-refractivity contribution in [2.45, 2.75) is 6.92 Å². The van der Waals surface area contributed by atoms with Gasteiger partial charge in [-0.25, -0.2) is 0 Å². The molecule has 90 valence electrons. The lowest BCUT2D eigenvalue weighted by molar-refractivity contribution is -0.115. The number of benzene rings is 1. The van der Waals surface area contributed by atoms with Crippen molar-refractivity contribution < 1.29 is 4.79 Å². The van der Waals surface area contributed by atoms with Gasteiger partial charge in [0.05, 0.1) is 4.91 Å². The number of carbonyl (C=O) groups excluding carboxylic acids is 1. The van der Waals surface area contributed by atoms with Crippen molar-refractivity contribution in [3.8, 4) is 0 Å². The summed E-state index contributed by atoms with van der Waals surface area (Å²) in [5.74, 6) is -0.171. The van der Waals surface area contributed by atoms with Gasteiger partial charge < -0.3 is 5.32 Å². The fourth-order valence-electron chi connectivity index (χ4n) is 1.55. The monoisotopic (exact) mass is 266 g/mol. The molecule has 1 aromatic carbocycles. The predicted molar refractivity (Wildman–Crippen MR) is 77.6 cm³/mol. The van der Waals surface area contributed by atoms with E-state index in [1.54, 1.807) is 0 Å². The molecule has 1 aliphatic heterocycles. The molecule has 0 radical (unpaired) electrons. The van der Waals surface area contributed by atoms with Crippen LogP contribution in [0.4, 0.5) is 0 Å². The van der Waals surface area contributed by atoms with Crippen LogP contribution in [0.2, 0.25) is 0 Å². The van der Waals surface area contributed by atoms with Gasteiger partial charge in [-0.3, -0.25) is 9.93 Å². The van der Waals surface area contributed by atoms with Crippen molar-refractivity contribution in [2.24, 2.45) is 5.14 Å². The number of rotatable bonds is 1. The van der Waals surface area contributed by atoms with E-state index in [1.165, 1.54) is 5.56 Å². The van der Waals surface area contributed by atoms with E-state index in [1.807, 2.05) is 43.5 Å². The number of thiocarbonyl (C=S) groups is 1. The molecule has 1 atom stereocenters. The highest BCUT2D eigenvalue weighted by molar-refractivity contribution is 8.51. The van der Waals surface area contributed by atoms with Gasteiger partial charge in [-0.15, -0.1) is 10.2 Å². The zero-order valence-electron chi connectivity index (χ0n) is 9.69. The summed E-state index contributed by atoms with van der Waals surface area (Å²) in [5, 5.41) is 8.75. The van der Waals surface area contributed by atoms with Crippen LogP contribution < -0.4 is 10.5 Å². The van der Waals surface area contributed by atoms with Gasteiger partial charge in [-0.05, 0) is 24.8 Å². The Balaban J connectivity index is 2.42. The quantitative estimate of drug-likeness (QED) is 0.604. The van der Waals surface area contributed by atoms with Gasteiger partial charge in [0.1, 0.15) is 4.32 Å². The SMILES string of the molecule is Cc1ccc(C=C2C(=O)NC(=S)S2(C)N)cc1. The summed E-state index contributed by atoms with van der Waals surface area (Å²) in [5.41, 5.74) is 2.15. The van der Waals surface area contributed by atoms with Gasteiger partial charge in [0.15, 0.2) is 0 Å². The zero-order chi connectivity index (χ0) is 12.6. The summed E-state index contributed by atoms with van der Waals surface area (Å²) in [4.78, 5) is 12.3. The number of hydrogen-bond acceptors (Lipinski definition) is 3. The van der Waals surface area contributed by atoms with E-state index in [9.17, 15) is 4.79 Å². The van der Waals surface area contributed by atoms with Crippen molar-refractivity contribution in [2.75, 3.05) is 6.26 Å². The Morgan fingerprint density at radius 1 is 1.35 bits per heavy atom. The lowest BCUT2D eigenvalue weighted by Crippen LogP contribution is -2.21. The smallest absolute Gasteiger partial charge is 0.263 e. The first-order valence-electron chi connectivity index (χ1n) is 5.11. The van der Waals surface area contributed by atoms with E-state index >= 15 is 0 Å². The van der Waals surface area contributed by atoms with Crippen molar-refractivity contribution in [1.82, 2.24) is 5.32 Å². The molecule has 0 spiro atoms. The van der Waals surface area contributed by atoms with Crippen LogP contribution in [0.3, 0.4) is 0 Å². The Hall–Kier alpha value is -1.17. The minimum Gasteiger partial charge on any atom is -0.307 e. The topological polar surface area (TPSA) is 55.1 Å².